The molecule has 2 N–H and O–H groups in total. The van der Waals surface area contributed by atoms with E-state index in [1.165, 1.54) is 6.07 Å². The lowest BCUT2D eigenvalue weighted by Crippen LogP contribution is -2.03. The van der Waals surface area contributed by atoms with Crippen LogP contribution in [-0.4, -0.2) is 21.6 Å². The smallest absolute Gasteiger partial charge is 0.201 e. The summed E-state index contributed by atoms with van der Waals surface area (Å²) in [5.74, 6) is 1.30. The van der Waals surface area contributed by atoms with Gasteiger partial charge in [0, 0.05) is 12.6 Å². The van der Waals surface area contributed by atoms with E-state index in [1.54, 1.807) is 6.07 Å². The van der Waals surface area contributed by atoms with Crippen LogP contribution < -0.4 is 5.73 Å². The average Bonchev–Trinajstić information content (AvgIpc) is 2.62. The number of hydrogen-bond donors (Lipinski definition) is 1. The first kappa shape index (κ1) is 13.7. The van der Waals surface area contributed by atoms with E-state index in [1.807, 2.05) is 16.3 Å². The van der Waals surface area contributed by atoms with Crippen LogP contribution in [0.3, 0.4) is 0 Å². The Morgan fingerprint density at radius 1 is 1.44 bits per heavy atom. The van der Waals surface area contributed by atoms with E-state index < -0.39 is 0 Å². The zero-order chi connectivity index (χ0) is 13.1. The molecule has 0 unspecified atom stereocenters. The predicted octanol–water partition coefficient (Wildman–Crippen LogP) is 3.66. The molecule has 0 amide bonds. The van der Waals surface area contributed by atoms with Crippen molar-refractivity contribution < 1.29 is 4.39 Å². The highest BCUT2D eigenvalue weighted by Crippen LogP contribution is 2.25. The summed E-state index contributed by atoms with van der Waals surface area (Å²) in [5.41, 5.74) is 7.37. The van der Waals surface area contributed by atoms with E-state index in [9.17, 15) is 4.39 Å². The molecular weight excluding hydrogens is 317 g/mol. The number of halogens is 2. The molecule has 0 saturated heterocycles. The van der Waals surface area contributed by atoms with E-state index >= 15 is 0 Å². The Kier molecular flexibility index (Phi) is 4.50. The standard InChI is InChI=1S/C12H15BrFN3S/c1-18-5-3-2-4-17-11-7-9(14)8(13)6-10(11)16-12(17)15/h6-7H,2-5H2,1H3,(H2,15,16). The minimum Gasteiger partial charge on any atom is -0.369 e. The number of nitrogen functional groups attached to an aromatic ring is 1. The number of nitrogens with two attached hydrogens (primary N) is 1. The summed E-state index contributed by atoms with van der Waals surface area (Å²) in [4.78, 5) is 4.25. The summed E-state index contributed by atoms with van der Waals surface area (Å²) in [6.07, 6.45) is 4.24. The second-order valence-corrected chi connectivity index (χ2v) is 5.92. The van der Waals surface area contributed by atoms with Crippen molar-refractivity contribution in [2.24, 2.45) is 0 Å². The first-order chi connectivity index (χ1) is 8.63. The molecule has 0 aliphatic rings. The highest BCUT2D eigenvalue weighted by Gasteiger charge is 2.11. The molecule has 0 aliphatic carbocycles. The number of imidazole rings is 1. The number of hydrogen-bond acceptors (Lipinski definition) is 3. The summed E-state index contributed by atoms with van der Waals surface area (Å²) in [6.45, 7) is 0.782. The van der Waals surface area contributed by atoms with Crippen LogP contribution >= 0.6 is 27.7 Å². The summed E-state index contributed by atoms with van der Waals surface area (Å²) < 4.78 is 15.8. The highest BCUT2D eigenvalue weighted by molar-refractivity contribution is 9.10. The lowest BCUT2D eigenvalue weighted by atomic mass is 10.3. The molecule has 98 valence electrons. The van der Waals surface area contributed by atoms with Crippen molar-refractivity contribution in [2.45, 2.75) is 19.4 Å². The van der Waals surface area contributed by atoms with E-state index in [2.05, 4.69) is 27.2 Å². The SMILES string of the molecule is CSCCCCn1c(N)nc2cc(Br)c(F)cc21. The van der Waals surface area contributed by atoms with Crippen LogP contribution in [-0.2, 0) is 6.54 Å². The summed E-state index contributed by atoms with van der Waals surface area (Å²) in [6, 6.07) is 3.15. The molecule has 2 aromatic rings. The fourth-order valence-electron chi connectivity index (χ4n) is 1.89. The number of aryl methyl sites for hydroxylation is 1. The van der Waals surface area contributed by atoms with Crippen molar-refractivity contribution in [2.75, 3.05) is 17.7 Å². The molecule has 6 heteroatoms. The molecule has 0 bridgehead atoms. The van der Waals surface area contributed by atoms with Crippen LogP contribution in [0.2, 0.25) is 0 Å². The summed E-state index contributed by atoms with van der Waals surface area (Å²) in [5, 5.41) is 0. The van der Waals surface area contributed by atoms with Gasteiger partial charge >= 0.3 is 0 Å². The number of aromatic nitrogens is 2. The van der Waals surface area contributed by atoms with Crippen molar-refractivity contribution in [1.82, 2.24) is 9.55 Å². The second-order valence-electron chi connectivity index (χ2n) is 4.08. The third kappa shape index (κ3) is 2.80. The van der Waals surface area contributed by atoms with E-state index in [-0.39, 0.29) is 5.82 Å². The molecule has 1 aromatic heterocycles. The van der Waals surface area contributed by atoms with Crippen molar-refractivity contribution >= 4 is 44.7 Å². The lowest BCUT2D eigenvalue weighted by molar-refractivity contribution is 0.619. The second kappa shape index (κ2) is 5.93. The molecule has 0 spiro atoms. The van der Waals surface area contributed by atoms with Crippen LogP contribution in [0.4, 0.5) is 10.3 Å². The van der Waals surface area contributed by atoms with E-state index in [0.29, 0.717) is 10.4 Å². The van der Waals surface area contributed by atoms with Crippen molar-refractivity contribution in [3.63, 3.8) is 0 Å². The third-order valence-electron chi connectivity index (χ3n) is 2.80. The van der Waals surface area contributed by atoms with Crippen molar-refractivity contribution in [3.8, 4) is 0 Å². The number of benzene rings is 1. The maximum absolute atomic E-state index is 13.5. The minimum atomic E-state index is -0.284. The van der Waals surface area contributed by atoms with Gasteiger partial charge in [-0.25, -0.2) is 9.37 Å². The van der Waals surface area contributed by atoms with E-state index in [0.717, 1.165) is 36.2 Å². The zero-order valence-corrected chi connectivity index (χ0v) is 12.5. The Hall–Kier alpha value is -0.750. The molecule has 0 fully saturated rings. The van der Waals surface area contributed by atoms with E-state index in [4.69, 9.17) is 5.73 Å². The van der Waals surface area contributed by atoms with Gasteiger partial charge in [-0.2, -0.15) is 11.8 Å². The number of thioether (sulfide) groups is 1. The topological polar surface area (TPSA) is 43.8 Å². The quantitative estimate of drug-likeness (QED) is 0.850. The van der Waals surface area contributed by atoms with Gasteiger partial charge in [-0.15, -0.1) is 0 Å². The lowest BCUT2D eigenvalue weighted by Gasteiger charge is -2.06. The van der Waals surface area contributed by atoms with Crippen LogP contribution in [0.25, 0.3) is 11.0 Å². The van der Waals surface area contributed by atoms with Gasteiger partial charge in [0.2, 0.25) is 5.95 Å². The maximum Gasteiger partial charge on any atom is 0.201 e. The molecule has 1 aromatic carbocycles. The van der Waals surface area contributed by atoms with Gasteiger partial charge < -0.3 is 10.3 Å². The van der Waals surface area contributed by atoms with Gasteiger partial charge in [-0.05, 0) is 46.8 Å². The molecule has 18 heavy (non-hydrogen) atoms. The van der Waals surface area contributed by atoms with Gasteiger partial charge in [0.25, 0.3) is 0 Å². The molecule has 0 saturated carbocycles. The van der Waals surface area contributed by atoms with Crippen molar-refractivity contribution in [3.05, 3.63) is 22.4 Å². The molecule has 2 rings (SSSR count). The Morgan fingerprint density at radius 2 is 2.22 bits per heavy atom. The largest absolute Gasteiger partial charge is 0.369 e. The number of unbranched alkanes of at least 4 members (excludes halogenated alkanes) is 1. The third-order valence-corrected chi connectivity index (χ3v) is 4.10. The van der Waals surface area contributed by atoms with Gasteiger partial charge in [0.05, 0.1) is 15.5 Å². The van der Waals surface area contributed by atoms with Gasteiger partial charge in [-0.3, -0.25) is 0 Å². The summed E-state index contributed by atoms with van der Waals surface area (Å²) in [7, 11) is 0. The Balaban J connectivity index is 2.26. The monoisotopic (exact) mass is 331 g/mol. The normalized spacial score (nSPS) is 11.3. The molecule has 3 nitrogen and oxygen atoms in total. The van der Waals surface area contributed by atoms with Crippen LogP contribution in [0.1, 0.15) is 12.8 Å². The predicted molar refractivity (Wildman–Crippen MR) is 79.4 cm³/mol. The van der Waals surface area contributed by atoms with Gasteiger partial charge in [0.15, 0.2) is 0 Å². The van der Waals surface area contributed by atoms with Crippen molar-refractivity contribution in [1.29, 1.82) is 0 Å². The molecule has 0 aliphatic heterocycles. The van der Waals surface area contributed by atoms with Crippen LogP contribution in [0.15, 0.2) is 16.6 Å². The number of nitrogens with zero attached hydrogens (tertiary/aromatic N) is 2. The average molecular weight is 332 g/mol. The maximum atomic E-state index is 13.5. The van der Waals surface area contributed by atoms with Gasteiger partial charge in [-0.1, -0.05) is 0 Å². The fourth-order valence-corrected chi connectivity index (χ4v) is 2.71. The highest BCUT2D eigenvalue weighted by atomic mass is 79.9. The number of anilines is 1. The molecule has 0 atom stereocenters. The Bertz CT molecular complexity index is 556. The van der Waals surface area contributed by atoms with Crippen LogP contribution in [0.5, 0.6) is 0 Å². The van der Waals surface area contributed by atoms with Gasteiger partial charge in [0.1, 0.15) is 5.82 Å². The first-order valence-corrected chi connectivity index (χ1v) is 7.92. The Labute approximate surface area is 118 Å². The fraction of sp³-hybridized carbons (Fsp3) is 0.417. The molecule has 0 radical (unpaired) electrons. The zero-order valence-electron chi connectivity index (χ0n) is 10.1. The number of rotatable bonds is 5. The Morgan fingerprint density at radius 3 is 2.94 bits per heavy atom. The molecule has 1 heterocycles. The minimum absolute atomic E-state index is 0.284. The van der Waals surface area contributed by atoms with Crippen LogP contribution in [0, 0.1) is 5.82 Å². The molecular formula is C12H15BrFN3S. The first-order valence-electron chi connectivity index (χ1n) is 5.73. The summed E-state index contributed by atoms with van der Waals surface area (Å²) >= 11 is 4.98. The number of fused-ring (bicyclic) bond motifs is 1.